The molecule has 3 aromatic rings. The lowest BCUT2D eigenvalue weighted by molar-refractivity contribution is 0.0952. The van der Waals surface area contributed by atoms with Gasteiger partial charge in [-0.2, -0.15) is 5.10 Å². The molecule has 2 aromatic carbocycles. The van der Waals surface area contributed by atoms with Gasteiger partial charge in [0.1, 0.15) is 17.7 Å². The maximum atomic E-state index is 13.0. The second-order valence-corrected chi connectivity index (χ2v) is 5.48. The monoisotopic (exact) mass is 341 g/mol. The van der Waals surface area contributed by atoms with E-state index in [1.165, 1.54) is 41.2 Å². The Balaban J connectivity index is 1.95. The number of halogens is 1. The molecule has 0 aliphatic rings. The molecule has 4 N–H and O–H groups in total. The van der Waals surface area contributed by atoms with E-state index >= 15 is 0 Å². The number of carbonyl (C=O) groups is 1. The summed E-state index contributed by atoms with van der Waals surface area (Å²) in [4.78, 5) is 12.7. The topological polar surface area (TPSA) is 101 Å². The van der Waals surface area contributed by atoms with Gasteiger partial charge in [-0.1, -0.05) is 18.2 Å². The number of hydrogen-bond donors (Lipinski definition) is 3. The molecule has 1 atom stereocenters. The number of nitrogens with zero attached hydrogens (tertiary/aromatic N) is 2. The largest absolute Gasteiger partial charge is 0.393 e. The first-order valence-electron chi connectivity index (χ1n) is 7.54. The minimum atomic E-state index is -1.06. The van der Waals surface area contributed by atoms with Crippen molar-refractivity contribution in [2.24, 2.45) is 0 Å². The summed E-state index contributed by atoms with van der Waals surface area (Å²) in [5.41, 5.74) is 7.50. The third kappa shape index (κ3) is 3.28. The van der Waals surface area contributed by atoms with Crippen LogP contribution in [-0.4, -0.2) is 32.4 Å². The molecule has 0 saturated heterocycles. The Morgan fingerprint density at radius 2 is 1.96 bits per heavy atom. The first kappa shape index (κ1) is 16.8. The summed E-state index contributed by atoms with van der Waals surface area (Å²) in [7, 11) is 0. The Bertz CT molecular complexity index is 906. The molecule has 128 valence electrons. The van der Waals surface area contributed by atoms with Crippen LogP contribution in [0.4, 0.5) is 10.2 Å². The van der Waals surface area contributed by atoms with Gasteiger partial charge in [-0.25, -0.2) is 9.07 Å². The van der Waals surface area contributed by atoms with Crippen molar-refractivity contribution in [3.05, 3.63) is 77.2 Å². The number of rotatable bonds is 5. The molecule has 0 amide bonds. The van der Waals surface area contributed by atoms with Gasteiger partial charge in [0.25, 0.3) is 0 Å². The first-order chi connectivity index (χ1) is 12.0. The number of anilines is 1. The molecule has 0 bridgehead atoms. The molecule has 0 spiro atoms. The average molecular weight is 341 g/mol. The van der Waals surface area contributed by atoms with E-state index in [-0.39, 0.29) is 23.0 Å². The Kier molecular flexibility index (Phi) is 4.60. The van der Waals surface area contributed by atoms with Crippen molar-refractivity contribution < 1.29 is 19.4 Å². The summed E-state index contributed by atoms with van der Waals surface area (Å²) >= 11 is 0. The zero-order chi connectivity index (χ0) is 18.0. The van der Waals surface area contributed by atoms with E-state index in [4.69, 9.17) is 10.8 Å². The summed E-state index contributed by atoms with van der Waals surface area (Å²) in [5.74, 6) is -0.618. The molecule has 1 aromatic heterocycles. The highest BCUT2D eigenvalue weighted by molar-refractivity contribution is 6.11. The Morgan fingerprint density at radius 3 is 2.64 bits per heavy atom. The Morgan fingerprint density at radius 1 is 1.24 bits per heavy atom. The van der Waals surface area contributed by atoms with Crippen LogP contribution in [0.1, 0.15) is 27.6 Å². The van der Waals surface area contributed by atoms with Gasteiger partial charge in [-0.3, -0.25) is 4.79 Å². The molecule has 0 fully saturated rings. The normalized spacial score (nSPS) is 12.1. The van der Waals surface area contributed by atoms with Gasteiger partial charge in [0.05, 0.1) is 24.1 Å². The van der Waals surface area contributed by atoms with Gasteiger partial charge < -0.3 is 15.9 Å². The fraction of sp³-hybridized carbons (Fsp3) is 0.111. The highest BCUT2D eigenvalue weighted by Gasteiger charge is 2.19. The van der Waals surface area contributed by atoms with Crippen molar-refractivity contribution in [3.8, 4) is 5.69 Å². The van der Waals surface area contributed by atoms with Gasteiger partial charge in [0.2, 0.25) is 0 Å². The lowest BCUT2D eigenvalue weighted by Crippen LogP contribution is -2.09. The van der Waals surface area contributed by atoms with E-state index in [2.05, 4.69) is 5.10 Å². The van der Waals surface area contributed by atoms with E-state index in [0.29, 0.717) is 16.8 Å². The predicted octanol–water partition coefficient (Wildman–Crippen LogP) is 1.85. The van der Waals surface area contributed by atoms with Crippen molar-refractivity contribution in [2.45, 2.75) is 6.10 Å². The number of benzene rings is 2. The number of nitrogen functional groups attached to an aromatic ring is 1. The van der Waals surface area contributed by atoms with Crippen LogP contribution < -0.4 is 5.73 Å². The molecule has 1 unspecified atom stereocenters. The molecule has 1 heterocycles. The maximum absolute atomic E-state index is 13.0. The predicted molar refractivity (Wildman–Crippen MR) is 89.9 cm³/mol. The van der Waals surface area contributed by atoms with Crippen LogP contribution in [0.5, 0.6) is 0 Å². The van der Waals surface area contributed by atoms with Crippen molar-refractivity contribution >= 4 is 11.6 Å². The third-order valence-corrected chi connectivity index (χ3v) is 3.83. The number of ketones is 1. The number of aromatic nitrogens is 2. The molecule has 25 heavy (non-hydrogen) atoms. The van der Waals surface area contributed by atoms with Gasteiger partial charge in [0, 0.05) is 5.56 Å². The van der Waals surface area contributed by atoms with E-state index in [9.17, 15) is 14.3 Å². The molecule has 0 saturated carbocycles. The third-order valence-electron chi connectivity index (χ3n) is 3.83. The lowest BCUT2D eigenvalue weighted by atomic mass is 10.0. The zero-order valence-corrected chi connectivity index (χ0v) is 13.1. The highest BCUT2D eigenvalue weighted by Crippen LogP contribution is 2.22. The summed E-state index contributed by atoms with van der Waals surface area (Å²) < 4.78 is 14.4. The van der Waals surface area contributed by atoms with Gasteiger partial charge in [-0.05, 0) is 35.9 Å². The van der Waals surface area contributed by atoms with E-state index < -0.39 is 12.7 Å². The van der Waals surface area contributed by atoms with Crippen LogP contribution in [-0.2, 0) is 0 Å². The first-order valence-corrected chi connectivity index (χ1v) is 7.54. The fourth-order valence-corrected chi connectivity index (χ4v) is 2.47. The number of aliphatic hydroxyl groups excluding tert-OH is 2. The molecule has 6 nitrogen and oxygen atoms in total. The molecule has 7 heteroatoms. The van der Waals surface area contributed by atoms with Crippen LogP contribution in [0, 0.1) is 5.82 Å². The fourth-order valence-electron chi connectivity index (χ4n) is 2.47. The number of nitrogens with two attached hydrogens (primary N) is 1. The summed E-state index contributed by atoms with van der Waals surface area (Å²) in [6, 6.07) is 11.9. The van der Waals surface area contributed by atoms with Crippen LogP contribution in [0.15, 0.2) is 54.7 Å². The highest BCUT2D eigenvalue weighted by atomic mass is 19.1. The molecular weight excluding hydrogens is 325 g/mol. The number of carbonyl (C=O) groups excluding carboxylic acids is 1. The van der Waals surface area contributed by atoms with Crippen molar-refractivity contribution in [1.82, 2.24) is 9.78 Å². The van der Waals surface area contributed by atoms with Crippen LogP contribution in [0.2, 0.25) is 0 Å². The van der Waals surface area contributed by atoms with Crippen LogP contribution in [0.25, 0.3) is 5.69 Å². The average Bonchev–Trinajstić information content (AvgIpc) is 3.02. The standard InChI is InChI=1S/C18H16FN3O3/c19-13-4-6-14(7-5-13)22-18(20)15(9-21-22)17(25)12-3-1-2-11(8-12)16(24)10-23/h1-9,16,23-24H,10,20H2. The van der Waals surface area contributed by atoms with Gasteiger partial charge in [0.15, 0.2) is 5.78 Å². The molecule has 0 radical (unpaired) electrons. The summed E-state index contributed by atoms with van der Waals surface area (Å²) in [6.45, 7) is -0.442. The van der Waals surface area contributed by atoms with Crippen molar-refractivity contribution in [1.29, 1.82) is 0 Å². The number of hydrogen-bond acceptors (Lipinski definition) is 5. The van der Waals surface area contributed by atoms with E-state index in [0.717, 1.165) is 0 Å². The maximum Gasteiger partial charge on any atom is 0.198 e. The molecular formula is C18H16FN3O3. The SMILES string of the molecule is Nc1c(C(=O)c2cccc(C(O)CO)c2)cnn1-c1ccc(F)cc1. The van der Waals surface area contributed by atoms with Crippen LogP contribution >= 0.6 is 0 Å². The quantitative estimate of drug-likeness (QED) is 0.615. The molecule has 0 aliphatic carbocycles. The second kappa shape index (κ2) is 6.84. The summed E-state index contributed by atoms with van der Waals surface area (Å²) in [6.07, 6.45) is 0.280. The van der Waals surface area contributed by atoms with Crippen molar-refractivity contribution in [3.63, 3.8) is 0 Å². The smallest absolute Gasteiger partial charge is 0.198 e. The Hall–Kier alpha value is -3.03. The minimum Gasteiger partial charge on any atom is -0.393 e. The summed E-state index contributed by atoms with van der Waals surface area (Å²) in [5, 5.41) is 22.8. The minimum absolute atomic E-state index is 0.129. The van der Waals surface area contributed by atoms with E-state index in [1.54, 1.807) is 18.2 Å². The molecule has 3 rings (SSSR count). The van der Waals surface area contributed by atoms with E-state index in [1.807, 2.05) is 0 Å². The van der Waals surface area contributed by atoms with Gasteiger partial charge >= 0.3 is 0 Å². The second-order valence-electron chi connectivity index (χ2n) is 5.48. The zero-order valence-electron chi connectivity index (χ0n) is 13.1. The Labute approximate surface area is 143 Å². The lowest BCUT2D eigenvalue weighted by Gasteiger charge is -2.09. The van der Waals surface area contributed by atoms with Gasteiger partial charge in [-0.15, -0.1) is 0 Å². The van der Waals surface area contributed by atoms with Crippen LogP contribution in [0.3, 0.4) is 0 Å². The molecule has 0 aliphatic heterocycles. The number of aliphatic hydroxyl groups is 2. The van der Waals surface area contributed by atoms with Crippen molar-refractivity contribution in [2.75, 3.05) is 12.3 Å².